The number of benzene rings is 2. The van der Waals surface area contributed by atoms with Crippen LogP contribution in [0.5, 0.6) is 23.0 Å². The summed E-state index contributed by atoms with van der Waals surface area (Å²) < 4.78 is 10.1. The average molecular weight is 356 g/mol. The van der Waals surface area contributed by atoms with Crippen LogP contribution in [-0.4, -0.2) is 48.9 Å². The smallest absolute Gasteiger partial charge is 0.128 e. The van der Waals surface area contributed by atoms with Gasteiger partial charge in [0.05, 0.1) is 27.3 Å². The normalized spacial score (nSPS) is 12.2. The van der Waals surface area contributed by atoms with E-state index in [1.807, 2.05) is 13.8 Å². The lowest BCUT2D eigenvalue weighted by Gasteiger charge is -2.07. The Morgan fingerprint density at radius 2 is 1.15 bits per heavy atom. The number of aromatic hydroxyl groups is 2. The lowest BCUT2D eigenvalue weighted by atomic mass is 10.1. The second-order valence-electron chi connectivity index (χ2n) is 5.70. The number of rotatable bonds is 7. The standard InChI is InChI=1S/C20H24N2O4/c1-13(17-7-5-15(25-3)11-19(17)23)21-9-10-22-14(2)18-8-6-16(26-4)12-20(18)24/h5-8,11-12,23-24H,9-10H2,1-4H3. The molecule has 0 aliphatic carbocycles. The van der Waals surface area contributed by atoms with Crippen LogP contribution in [0.15, 0.2) is 46.4 Å². The molecule has 2 rings (SSSR count). The molecule has 0 heterocycles. The van der Waals surface area contributed by atoms with Gasteiger partial charge in [-0.1, -0.05) is 0 Å². The largest absolute Gasteiger partial charge is 0.507 e. The summed E-state index contributed by atoms with van der Waals surface area (Å²) in [5, 5.41) is 20.1. The first-order valence-electron chi connectivity index (χ1n) is 8.23. The lowest BCUT2D eigenvalue weighted by molar-refractivity contribution is 0.407. The first kappa shape index (κ1) is 19.3. The highest BCUT2D eigenvalue weighted by Gasteiger charge is 2.07. The predicted molar refractivity (Wildman–Crippen MR) is 103 cm³/mol. The maximum Gasteiger partial charge on any atom is 0.128 e. The minimum absolute atomic E-state index is 0.133. The number of nitrogens with zero attached hydrogens (tertiary/aromatic N) is 2. The van der Waals surface area contributed by atoms with E-state index in [1.165, 1.54) is 0 Å². The summed E-state index contributed by atoms with van der Waals surface area (Å²) in [5.74, 6) is 1.46. The fourth-order valence-corrected chi connectivity index (χ4v) is 2.49. The number of methoxy groups -OCH3 is 2. The zero-order valence-corrected chi connectivity index (χ0v) is 15.5. The maximum absolute atomic E-state index is 10.0. The summed E-state index contributed by atoms with van der Waals surface area (Å²) in [6.07, 6.45) is 0. The van der Waals surface area contributed by atoms with E-state index in [0.717, 1.165) is 11.4 Å². The third kappa shape index (κ3) is 4.75. The Balaban J connectivity index is 2.02. The molecule has 0 bridgehead atoms. The van der Waals surface area contributed by atoms with E-state index < -0.39 is 0 Å². The van der Waals surface area contributed by atoms with Crippen LogP contribution in [0.2, 0.25) is 0 Å². The van der Waals surface area contributed by atoms with E-state index in [4.69, 9.17) is 9.47 Å². The molecule has 0 amide bonds. The van der Waals surface area contributed by atoms with Gasteiger partial charge in [-0.25, -0.2) is 0 Å². The van der Waals surface area contributed by atoms with Crippen LogP contribution >= 0.6 is 0 Å². The van der Waals surface area contributed by atoms with Gasteiger partial charge in [0.2, 0.25) is 0 Å². The zero-order chi connectivity index (χ0) is 19.1. The Kier molecular flexibility index (Phi) is 6.60. The number of hydrogen-bond donors (Lipinski definition) is 2. The van der Waals surface area contributed by atoms with Crippen LogP contribution in [0.4, 0.5) is 0 Å². The Labute approximate surface area is 153 Å². The fraction of sp³-hybridized carbons (Fsp3) is 0.300. The number of ether oxygens (including phenoxy) is 2. The van der Waals surface area contributed by atoms with Crippen molar-refractivity contribution in [2.24, 2.45) is 9.98 Å². The van der Waals surface area contributed by atoms with Gasteiger partial charge < -0.3 is 19.7 Å². The monoisotopic (exact) mass is 356 g/mol. The highest BCUT2D eigenvalue weighted by atomic mass is 16.5. The summed E-state index contributed by atoms with van der Waals surface area (Å²) in [4.78, 5) is 8.90. The van der Waals surface area contributed by atoms with E-state index in [1.54, 1.807) is 50.6 Å². The molecule has 0 atom stereocenters. The molecule has 0 unspecified atom stereocenters. The first-order valence-corrected chi connectivity index (χ1v) is 8.23. The minimum Gasteiger partial charge on any atom is -0.507 e. The minimum atomic E-state index is 0.133. The van der Waals surface area contributed by atoms with Crippen LogP contribution in [0, 0.1) is 0 Å². The number of aliphatic imine (C=N–C) groups is 2. The van der Waals surface area contributed by atoms with Crippen LogP contribution in [0.3, 0.4) is 0 Å². The summed E-state index contributed by atoms with van der Waals surface area (Å²) >= 11 is 0. The molecule has 26 heavy (non-hydrogen) atoms. The van der Waals surface area contributed by atoms with E-state index in [2.05, 4.69) is 9.98 Å². The van der Waals surface area contributed by atoms with Crippen molar-refractivity contribution in [3.63, 3.8) is 0 Å². The highest BCUT2D eigenvalue weighted by Crippen LogP contribution is 2.25. The number of phenols is 2. The second kappa shape index (κ2) is 8.89. The quantitative estimate of drug-likeness (QED) is 0.588. The van der Waals surface area contributed by atoms with E-state index >= 15 is 0 Å². The van der Waals surface area contributed by atoms with Crippen molar-refractivity contribution in [1.29, 1.82) is 0 Å². The molecule has 0 aromatic heterocycles. The van der Waals surface area contributed by atoms with E-state index in [9.17, 15) is 10.2 Å². The molecule has 0 radical (unpaired) electrons. The Morgan fingerprint density at radius 1 is 0.769 bits per heavy atom. The Bertz CT molecular complexity index is 759. The van der Waals surface area contributed by atoms with Crippen LogP contribution in [0.1, 0.15) is 25.0 Å². The molecular formula is C20H24N2O4. The zero-order valence-electron chi connectivity index (χ0n) is 15.5. The lowest BCUT2D eigenvalue weighted by Crippen LogP contribution is -2.02. The fourth-order valence-electron chi connectivity index (χ4n) is 2.49. The first-order chi connectivity index (χ1) is 12.5. The van der Waals surface area contributed by atoms with Crippen molar-refractivity contribution in [3.05, 3.63) is 47.5 Å². The van der Waals surface area contributed by atoms with Crippen LogP contribution < -0.4 is 9.47 Å². The molecule has 2 aromatic carbocycles. The molecule has 6 nitrogen and oxygen atoms in total. The van der Waals surface area contributed by atoms with Crippen molar-refractivity contribution < 1.29 is 19.7 Å². The third-order valence-electron chi connectivity index (χ3n) is 3.99. The Hall–Kier alpha value is -3.02. The van der Waals surface area contributed by atoms with Gasteiger partial charge in [-0.2, -0.15) is 0 Å². The molecule has 0 aliphatic rings. The highest BCUT2D eigenvalue weighted by molar-refractivity contribution is 6.02. The van der Waals surface area contributed by atoms with Gasteiger partial charge >= 0.3 is 0 Å². The molecule has 138 valence electrons. The molecule has 2 aromatic rings. The number of phenolic OH excluding ortho intramolecular Hbond substituents is 2. The van der Waals surface area contributed by atoms with Crippen molar-refractivity contribution in [2.45, 2.75) is 13.8 Å². The van der Waals surface area contributed by atoms with Crippen LogP contribution in [0.25, 0.3) is 0 Å². The van der Waals surface area contributed by atoms with E-state index in [0.29, 0.717) is 35.7 Å². The van der Waals surface area contributed by atoms with Gasteiger partial charge in [0.25, 0.3) is 0 Å². The topological polar surface area (TPSA) is 83.6 Å². The van der Waals surface area contributed by atoms with Crippen molar-refractivity contribution in [2.75, 3.05) is 27.3 Å². The molecule has 0 spiro atoms. The summed E-state index contributed by atoms with van der Waals surface area (Å²) in [6.45, 7) is 4.64. The summed E-state index contributed by atoms with van der Waals surface area (Å²) in [5.41, 5.74) is 2.79. The summed E-state index contributed by atoms with van der Waals surface area (Å²) in [7, 11) is 3.10. The van der Waals surface area contributed by atoms with Gasteiger partial charge in [-0.05, 0) is 38.1 Å². The molecule has 6 heteroatoms. The van der Waals surface area contributed by atoms with Gasteiger partial charge in [0.15, 0.2) is 0 Å². The molecule has 0 saturated carbocycles. The van der Waals surface area contributed by atoms with Gasteiger partial charge in [-0.3, -0.25) is 9.98 Å². The Morgan fingerprint density at radius 3 is 1.46 bits per heavy atom. The van der Waals surface area contributed by atoms with Crippen molar-refractivity contribution >= 4 is 11.4 Å². The summed E-state index contributed by atoms with van der Waals surface area (Å²) in [6, 6.07) is 10.2. The molecule has 2 N–H and O–H groups in total. The SMILES string of the molecule is COc1ccc(C(C)=NCCN=C(C)c2ccc(OC)cc2O)c(O)c1. The van der Waals surface area contributed by atoms with Gasteiger partial charge in [0, 0.05) is 34.7 Å². The van der Waals surface area contributed by atoms with Gasteiger partial charge in [-0.15, -0.1) is 0 Å². The molecule has 0 saturated heterocycles. The molecular weight excluding hydrogens is 332 g/mol. The maximum atomic E-state index is 10.0. The average Bonchev–Trinajstić information content (AvgIpc) is 2.64. The molecule has 0 aliphatic heterocycles. The predicted octanol–water partition coefficient (Wildman–Crippen LogP) is 3.43. The molecule has 0 fully saturated rings. The number of hydrogen-bond acceptors (Lipinski definition) is 6. The van der Waals surface area contributed by atoms with Crippen molar-refractivity contribution in [3.8, 4) is 23.0 Å². The second-order valence-corrected chi connectivity index (χ2v) is 5.70. The van der Waals surface area contributed by atoms with Crippen LogP contribution in [-0.2, 0) is 0 Å². The van der Waals surface area contributed by atoms with Crippen molar-refractivity contribution in [1.82, 2.24) is 0 Å². The van der Waals surface area contributed by atoms with E-state index in [-0.39, 0.29) is 11.5 Å². The third-order valence-corrected chi connectivity index (χ3v) is 3.99. The van der Waals surface area contributed by atoms with Gasteiger partial charge in [0.1, 0.15) is 23.0 Å².